The summed E-state index contributed by atoms with van der Waals surface area (Å²) in [4.78, 5) is 23.6. The van der Waals surface area contributed by atoms with Crippen molar-refractivity contribution in [3.05, 3.63) is 0 Å². The molecule has 5 heteroatoms. The van der Waals surface area contributed by atoms with Gasteiger partial charge in [0.05, 0.1) is 12.5 Å². The lowest BCUT2D eigenvalue weighted by Crippen LogP contribution is -2.36. The smallest absolute Gasteiger partial charge is 0.303 e. The van der Waals surface area contributed by atoms with E-state index in [4.69, 9.17) is 9.84 Å². The molecule has 1 amide bonds. The van der Waals surface area contributed by atoms with Crippen molar-refractivity contribution in [2.75, 3.05) is 19.7 Å². The Morgan fingerprint density at radius 1 is 1.47 bits per heavy atom. The summed E-state index contributed by atoms with van der Waals surface area (Å²) in [6.07, 6.45) is 0.858. The van der Waals surface area contributed by atoms with E-state index in [2.05, 4.69) is 0 Å². The monoisotopic (exact) mass is 215 g/mol. The van der Waals surface area contributed by atoms with E-state index in [0.29, 0.717) is 19.7 Å². The van der Waals surface area contributed by atoms with Gasteiger partial charge in [-0.05, 0) is 13.3 Å². The normalized spacial score (nSPS) is 22.2. The summed E-state index contributed by atoms with van der Waals surface area (Å²) in [6.45, 7) is 3.83. The Morgan fingerprint density at radius 3 is 2.87 bits per heavy atom. The molecule has 0 spiro atoms. The first-order valence-corrected chi connectivity index (χ1v) is 5.21. The second kappa shape index (κ2) is 5.70. The Hall–Kier alpha value is -1.10. The molecule has 1 N–H and O–H groups in total. The second-order valence-electron chi connectivity index (χ2n) is 3.77. The zero-order chi connectivity index (χ0) is 11.3. The molecule has 0 aromatic heterocycles. The highest BCUT2D eigenvalue weighted by atomic mass is 16.5. The van der Waals surface area contributed by atoms with Crippen molar-refractivity contribution in [2.24, 2.45) is 0 Å². The number of aliphatic carboxylic acids is 1. The number of rotatable bonds is 3. The molecule has 0 saturated carbocycles. The van der Waals surface area contributed by atoms with Crippen molar-refractivity contribution < 1.29 is 19.4 Å². The number of carbonyl (C=O) groups is 2. The summed E-state index contributed by atoms with van der Waals surface area (Å²) in [5.74, 6) is -1.02. The van der Waals surface area contributed by atoms with E-state index >= 15 is 0 Å². The summed E-state index contributed by atoms with van der Waals surface area (Å²) in [5.41, 5.74) is 0. The molecule has 1 aliphatic rings. The van der Waals surface area contributed by atoms with Gasteiger partial charge in [0.15, 0.2) is 0 Å². The average molecular weight is 215 g/mol. The minimum absolute atomic E-state index is 0.0429. The van der Waals surface area contributed by atoms with Crippen molar-refractivity contribution in [3.63, 3.8) is 0 Å². The molecule has 0 aromatic carbocycles. The Balaban J connectivity index is 2.39. The predicted molar refractivity (Wildman–Crippen MR) is 53.5 cm³/mol. The quantitative estimate of drug-likeness (QED) is 0.744. The van der Waals surface area contributed by atoms with Gasteiger partial charge in [-0.3, -0.25) is 9.59 Å². The third-order valence-corrected chi connectivity index (χ3v) is 2.36. The van der Waals surface area contributed by atoms with E-state index in [1.165, 1.54) is 0 Å². The number of carboxylic acid groups (broad SMARTS) is 1. The minimum Gasteiger partial charge on any atom is -0.481 e. The fourth-order valence-corrected chi connectivity index (χ4v) is 1.59. The second-order valence-corrected chi connectivity index (χ2v) is 3.77. The van der Waals surface area contributed by atoms with E-state index in [1.54, 1.807) is 4.90 Å². The number of carbonyl (C=O) groups excluding carboxylic acids is 1. The third kappa shape index (κ3) is 4.29. The third-order valence-electron chi connectivity index (χ3n) is 2.36. The molecule has 5 nitrogen and oxygen atoms in total. The summed E-state index contributed by atoms with van der Waals surface area (Å²) in [5, 5.41) is 8.47. The zero-order valence-electron chi connectivity index (χ0n) is 8.94. The number of hydrogen-bond acceptors (Lipinski definition) is 3. The Labute approximate surface area is 89.0 Å². The number of carboxylic acids is 1. The highest BCUT2D eigenvalue weighted by Crippen LogP contribution is 2.07. The summed E-state index contributed by atoms with van der Waals surface area (Å²) < 4.78 is 5.40. The molecule has 1 fully saturated rings. The first-order valence-electron chi connectivity index (χ1n) is 5.21. The van der Waals surface area contributed by atoms with Crippen molar-refractivity contribution in [3.8, 4) is 0 Å². The molecule has 1 saturated heterocycles. The number of ether oxygens (including phenoxy) is 1. The SMILES string of the molecule is CC1CN(C(=O)CCC(=O)O)CCCO1. The standard InChI is InChI=1S/C10H17NO4/c1-8-7-11(5-2-6-15-8)9(12)3-4-10(13)14/h8H,2-7H2,1H3,(H,13,14). The fraction of sp³-hybridized carbons (Fsp3) is 0.800. The van der Waals surface area contributed by atoms with Crippen molar-refractivity contribution in [1.82, 2.24) is 4.90 Å². The first-order chi connectivity index (χ1) is 7.09. The van der Waals surface area contributed by atoms with Gasteiger partial charge in [-0.15, -0.1) is 0 Å². The van der Waals surface area contributed by atoms with Crippen molar-refractivity contribution in [1.29, 1.82) is 0 Å². The van der Waals surface area contributed by atoms with Gasteiger partial charge < -0.3 is 14.7 Å². The maximum Gasteiger partial charge on any atom is 0.303 e. The first kappa shape index (κ1) is 12.0. The van der Waals surface area contributed by atoms with Gasteiger partial charge >= 0.3 is 5.97 Å². The largest absolute Gasteiger partial charge is 0.481 e. The van der Waals surface area contributed by atoms with E-state index in [-0.39, 0.29) is 24.9 Å². The van der Waals surface area contributed by atoms with Crippen molar-refractivity contribution in [2.45, 2.75) is 32.3 Å². The van der Waals surface area contributed by atoms with Crippen LogP contribution in [-0.2, 0) is 14.3 Å². The van der Waals surface area contributed by atoms with Crippen LogP contribution in [0.1, 0.15) is 26.2 Å². The predicted octanol–water partition coefficient (Wildman–Crippen LogP) is 0.489. The van der Waals surface area contributed by atoms with E-state index in [9.17, 15) is 9.59 Å². The molecule has 0 radical (unpaired) electrons. The number of amides is 1. The molecule has 1 aliphatic heterocycles. The summed E-state index contributed by atoms with van der Waals surface area (Å²) >= 11 is 0. The molecule has 0 aromatic rings. The molecule has 0 bridgehead atoms. The lowest BCUT2D eigenvalue weighted by atomic mass is 10.2. The Kier molecular flexibility index (Phi) is 4.55. The zero-order valence-corrected chi connectivity index (χ0v) is 8.94. The van der Waals surface area contributed by atoms with Crippen molar-refractivity contribution >= 4 is 11.9 Å². The average Bonchev–Trinajstić information content (AvgIpc) is 2.39. The van der Waals surface area contributed by atoms with Gasteiger partial charge in [-0.2, -0.15) is 0 Å². The van der Waals surface area contributed by atoms with E-state index in [0.717, 1.165) is 6.42 Å². The molecule has 15 heavy (non-hydrogen) atoms. The molecule has 1 heterocycles. The molecule has 0 aliphatic carbocycles. The van der Waals surface area contributed by atoms with Gasteiger partial charge in [0.25, 0.3) is 0 Å². The highest BCUT2D eigenvalue weighted by Gasteiger charge is 2.19. The van der Waals surface area contributed by atoms with Crippen LogP contribution in [0.5, 0.6) is 0 Å². The Bertz CT molecular complexity index is 242. The fourth-order valence-electron chi connectivity index (χ4n) is 1.59. The van der Waals surface area contributed by atoms with Gasteiger partial charge in [-0.1, -0.05) is 0 Å². The van der Waals surface area contributed by atoms with Gasteiger partial charge in [0, 0.05) is 26.1 Å². The van der Waals surface area contributed by atoms with Gasteiger partial charge in [0.1, 0.15) is 0 Å². The van der Waals surface area contributed by atoms with Crippen LogP contribution in [0, 0.1) is 0 Å². The maximum atomic E-state index is 11.6. The van der Waals surface area contributed by atoms with Crippen LogP contribution in [0.25, 0.3) is 0 Å². The van der Waals surface area contributed by atoms with Crippen LogP contribution < -0.4 is 0 Å². The topological polar surface area (TPSA) is 66.8 Å². The molecule has 86 valence electrons. The van der Waals surface area contributed by atoms with Crippen LogP contribution in [0.15, 0.2) is 0 Å². The minimum atomic E-state index is -0.928. The summed E-state index contributed by atoms with van der Waals surface area (Å²) in [7, 11) is 0. The highest BCUT2D eigenvalue weighted by molar-refractivity contribution is 5.80. The molecular weight excluding hydrogens is 198 g/mol. The van der Waals surface area contributed by atoms with E-state index in [1.807, 2.05) is 6.92 Å². The lowest BCUT2D eigenvalue weighted by molar-refractivity contribution is -0.141. The van der Waals surface area contributed by atoms with Crippen LogP contribution in [0.4, 0.5) is 0 Å². The number of hydrogen-bond donors (Lipinski definition) is 1. The molecular formula is C10H17NO4. The van der Waals surface area contributed by atoms with E-state index < -0.39 is 5.97 Å². The van der Waals surface area contributed by atoms with Crippen LogP contribution >= 0.6 is 0 Å². The van der Waals surface area contributed by atoms with Crippen LogP contribution in [0.3, 0.4) is 0 Å². The number of nitrogens with zero attached hydrogens (tertiary/aromatic N) is 1. The lowest BCUT2D eigenvalue weighted by Gasteiger charge is -2.21. The molecule has 1 rings (SSSR count). The Morgan fingerprint density at radius 2 is 2.20 bits per heavy atom. The summed E-state index contributed by atoms with van der Waals surface area (Å²) in [6, 6.07) is 0. The van der Waals surface area contributed by atoms with Gasteiger partial charge in [0.2, 0.25) is 5.91 Å². The maximum absolute atomic E-state index is 11.6. The molecule has 1 atom stereocenters. The van der Waals surface area contributed by atoms with Crippen LogP contribution in [0.2, 0.25) is 0 Å². The van der Waals surface area contributed by atoms with Gasteiger partial charge in [-0.25, -0.2) is 0 Å². The molecule has 1 unspecified atom stereocenters. The van der Waals surface area contributed by atoms with Crippen LogP contribution in [-0.4, -0.2) is 47.7 Å².